The fourth-order valence-electron chi connectivity index (χ4n) is 4.87. The summed E-state index contributed by atoms with van der Waals surface area (Å²) in [7, 11) is 0. The van der Waals surface area contributed by atoms with Crippen LogP contribution in [0, 0.1) is 19.8 Å². The highest BCUT2D eigenvalue weighted by Gasteiger charge is 2.35. The van der Waals surface area contributed by atoms with Gasteiger partial charge in [-0.05, 0) is 78.5 Å². The predicted octanol–water partition coefficient (Wildman–Crippen LogP) is 5.37. The lowest BCUT2D eigenvalue weighted by Gasteiger charge is -2.17. The number of pyridine rings is 1. The Morgan fingerprint density at radius 1 is 1.22 bits per heavy atom. The highest BCUT2D eigenvalue weighted by molar-refractivity contribution is 8.13. The minimum absolute atomic E-state index is 0.0337. The van der Waals surface area contributed by atoms with Crippen LogP contribution in [-0.4, -0.2) is 43.9 Å². The molecule has 7 nitrogen and oxygen atoms in total. The topological polar surface area (TPSA) is 94.0 Å². The molecule has 0 spiro atoms. The van der Waals surface area contributed by atoms with Gasteiger partial charge in [-0.1, -0.05) is 36.4 Å². The second kappa shape index (κ2) is 11.9. The van der Waals surface area contributed by atoms with Crippen LogP contribution in [0.2, 0.25) is 5.02 Å². The SMILES string of the molecule is CCSC(=O)CC1=C(c2c(C)cc(-n3cc(Cl)cn3)cc2C)C(=O)CC1CCNC(=O)c1ccccn1. The number of halogens is 1. The molecule has 1 amide bonds. The fraction of sp³-hybridized carbons (Fsp3) is 0.321. The van der Waals surface area contributed by atoms with Crippen LogP contribution in [0.5, 0.6) is 0 Å². The summed E-state index contributed by atoms with van der Waals surface area (Å²) in [5.74, 6) is 0.344. The van der Waals surface area contributed by atoms with Crippen LogP contribution in [0.15, 0.2) is 54.5 Å². The molecule has 0 saturated carbocycles. The van der Waals surface area contributed by atoms with Crippen molar-refractivity contribution in [3.05, 3.63) is 81.9 Å². The maximum absolute atomic E-state index is 13.4. The number of ketones is 1. The number of aromatic nitrogens is 3. The molecule has 192 valence electrons. The quantitative estimate of drug-likeness (QED) is 0.395. The number of carbonyl (C=O) groups is 3. The van der Waals surface area contributed by atoms with Crippen LogP contribution < -0.4 is 5.32 Å². The van der Waals surface area contributed by atoms with E-state index in [1.807, 2.05) is 32.9 Å². The van der Waals surface area contributed by atoms with Gasteiger partial charge in [-0.25, -0.2) is 4.68 Å². The van der Waals surface area contributed by atoms with Crippen molar-refractivity contribution in [3.8, 4) is 5.69 Å². The monoisotopic (exact) mass is 536 g/mol. The Morgan fingerprint density at radius 3 is 2.59 bits per heavy atom. The van der Waals surface area contributed by atoms with Crippen LogP contribution in [-0.2, 0) is 9.59 Å². The van der Waals surface area contributed by atoms with E-state index in [2.05, 4.69) is 15.4 Å². The van der Waals surface area contributed by atoms with E-state index in [0.29, 0.717) is 41.4 Å². The number of benzene rings is 1. The Bertz CT molecular complexity index is 1340. The van der Waals surface area contributed by atoms with Crippen molar-refractivity contribution in [3.63, 3.8) is 0 Å². The Labute approximate surface area is 225 Å². The number of aryl methyl sites for hydroxylation is 2. The number of hydrogen-bond acceptors (Lipinski definition) is 6. The van der Waals surface area contributed by atoms with Gasteiger partial charge in [-0.15, -0.1) is 0 Å². The number of allylic oxidation sites excluding steroid dienone is 2. The van der Waals surface area contributed by atoms with E-state index in [-0.39, 0.29) is 29.1 Å². The van der Waals surface area contributed by atoms with Gasteiger partial charge in [0.1, 0.15) is 5.69 Å². The first-order chi connectivity index (χ1) is 17.8. The number of nitrogens with one attached hydrogen (secondary N) is 1. The number of nitrogens with zero attached hydrogens (tertiary/aromatic N) is 3. The summed E-state index contributed by atoms with van der Waals surface area (Å²) in [4.78, 5) is 42.6. The van der Waals surface area contributed by atoms with Crippen LogP contribution in [0.3, 0.4) is 0 Å². The summed E-state index contributed by atoms with van der Waals surface area (Å²) >= 11 is 7.32. The number of thioether (sulfide) groups is 1. The number of amides is 1. The highest BCUT2D eigenvalue weighted by atomic mass is 35.5. The third-order valence-corrected chi connectivity index (χ3v) is 7.37. The average molecular weight is 537 g/mol. The van der Waals surface area contributed by atoms with E-state index in [1.54, 1.807) is 41.5 Å². The zero-order valence-electron chi connectivity index (χ0n) is 21.1. The van der Waals surface area contributed by atoms with Crippen molar-refractivity contribution in [2.75, 3.05) is 12.3 Å². The number of carbonyl (C=O) groups excluding carboxylic acids is 3. The van der Waals surface area contributed by atoms with E-state index in [9.17, 15) is 14.4 Å². The molecular weight excluding hydrogens is 508 g/mol. The van der Waals surface area contributed by atoms with Crippen LogP contribution in [0.4, 0.5) is 0 Å². The smallest absolute Gasteiger partial charge is 0.269 e. The molecule has 1 aliphatic carbocycles. The molecule has 3 aromatic rings. The molecule has 0 aliphatic heterocycles. The molecule has 4 rings (SSSR count). The van der Waals surface area contributed by atoms with E-state index in [0.717, 1.165) is 28.0 Å². The largest absolute Gasteiger partial charge is 0.351 e. The van der Waals surface area contributed by atoms with Gasteiger partial charge in [0.15, 0.2) is 10.9 Å². The Morgan fingerprint density at radius 2 is 1.97 bits per heavy atom. The van der Waals surface area contributed by atoms with E-state index < -0.39 is 0 Å². The average Bonchev–Trinajstić information content (AvgIpc) is 3.43. The summed E-state index contributed by atoms with van der Waals surface area (Å²) in [5.41, 5.74) is 5.45. The van der Waals surface area contributed by atoms with Crippen molar-refractivity contribution in [2.24, 2.45) is 5.92 Å². The van der Waals surface area contributed by atoms with Crippen molar-refractivity contribution in [1.29, 1.82) is 0 Å². The first kappa shape index (κ1) is 26.8. The van der Waals surface area contributed by atoms with Crippen LogP contribution >= 0.6 is 23.4 Å². The summed E-state index contributed by atoms with van der Waals surface area (Å²) in [6.07, 6.45) is 5.99. The maximum atomic E-state index is 13.4. The zero-order valence-corrected chi connectivity index (χ0v) is 22.7. The Kier molecular flexibility index (Phi) is 8.61. The van der Waals surface area contributed by atoms with Crippen molar-refractivity contribution in [1.82, 2.24) is 20.1 Å². The molecule has 37 heavy (non-hydrogen) atoms. The molecule has 1 atom stereocenters. The van der Waals surface area contributed by atoms with Crippen molar-refractivity contribution >= 4 is 45.7 Å². The van der Waals surface area contributed by atoms with Crippen molar-refractivity contribution < 1.29 is 14.4 Å². The lowest BCUT2D eigenvalue weighted by molar-refractivity contribution is -0.114. The normalized spacial score (nSPS) is 15.4. The third-order valence-electron chi connectivity index (χ3n) is 6.42. The minimum atomic E-state index is -0.255. The number of Topliss-reactive ketones (excluding diaryl/α,β-unsaturated/α-hetero) is 1. The first-order valence-corrected chi connectivity index (χ1v) is 13.6. The van der Waals surface area contributed by atoms with Crippen molar-refractivity contribution in [2.45, 2.75) is 40.0 Å². The zero-order chi connectivity index (χ0) is 26.5. The molecule has 2 heterocycles. The molecule has 0 bridgehead atoms. The maximum Gasteiger partial charge on any atom is 0.269 e. The molecule has 1 aliphatic rings. The van der Waals surface area contributed by atoms with Gasteiger partial charge >= 0.3 is 0 Å². The predicted molar refractivity (Wildman–Crippen MR) is 147 cm³/mol. The molecule has 9 heteroatoms. The standard InChI is InChI=1S/C28H29ClN4O3S/c1-4-37-25(35)14-22-19(8-10-31-28(36)23-7-5-6-9-30-23)13-24(34)27(22)26-17(2)11-21(12-18(26)3)33-16-20(29)15-32-33/h5-7,9,11-12,15-16,19H,4,8,10,13-14H2,1-3H3,(H,31,36). The molecule has 1 N–H and O–H groups in total. The molecule has 2 aromatic heterocycles. The molecule has 1 aromatic carbocycles. The molecule has 0 fully saturated rings. The van der Waals surface area contributed by atoms with Gasteiger partial charge in [0, 0.05) is 37.4 Å². The summed E-state index contributed by atoms with van der Waals surface area (Å²) in [6, 6.07) is 9.13. The van der Waals surface area contributed by atoms with Gasteiger partial charge in [0.05, 0.1) is 16.9 Å². The summed E-state index contributed by atoms with van der Waals surface area (Å²) in [6.45, 7) is 6.27. The van der Waals surface area contributed by atoms with Gasteiger partial charge in [-0.3, -0.25) is 19.4 Å². The van der Waals surface area contributed by atoms with Gasteiger partial charge in [0.25, 0.3) is 5.91 Å². The first-order valence-electron chi connectivity index (χ1n) is 12.2. The van der Waals surface area contributed by atoms with Gasteiger partial charge in [-0.2, -0.15) is 5.10 Å². The fourth-order valence-corrected chi connectivity index (χ4v) is 5.58. The van der Waals surface area contributed by atoms with Gasteiger partial charge < -0.3 is 5.32 Å². The second-order valence-corrected chi connectivity index (χ2v) is 10.8. The van der Waals surface area contributed by atoms with Crippen LogP contribution in [0.1, 0.15) is 53.4 Å². The molecule has 1 unspecified atom stereocenters. The molecular formula is C28H29ClN4O3S. The Hall–Kier alpha value is -3.23. The van der Waals surface area contributed by atoms with E-state index in [4.69, 9.17) is 11.6 Å². The minimum Gasteiger partial charge on any atom is -0.351 e. The molecule has 0 saturated heterocycles. The second-order valence-electron chi connectivity index (χ2n) is 9.02. The third kappa shape index (κ3) is 6.19. The summed E-state index contributed by atoms with van der Waals surface area (Å²) < 4.78 is 1.70. The lowest BCUT2D eigenvalue weighted by Crippen LogP contribution is -2.26. The highest BCUT2D eigenvalue weighted by Crippen LogP contribution is 2.42. The molecule has 0 radical (unpaired) electrons. The van der Waals surface area contributed by atoms with E-state index >= 15 is 0 Å². The van der Waals surface area contributed by atoms with Crippen LogP contribution in [0.25, 0.3) is 11.3 Å². The van der Waals surface area contributed by atoms with Gasteiger partial charge in [0.2, 0.25) is 0 Å². The summed E-state index contributed by atoms with van der Waals surface area (Å²) in [5, 5.41) is 7.77. The number of hydrogen-bond donors (Lipinski definition) is 1. The number of rotatable bonds is 9. The lowest BCUT2D eigenvalue weighted by atomic mass is 9.89. The van der Waals surface area contributed by atoms with E-state index in [1.165, 1.54) is 11.8 Å². The Balaban J connectivity index is 1.63.